The Bertz CT molecular complexity index is 1310. The van der Waals surface area contributed by atoms with Crippen molar-refractivity contribution in [1.82, 2.24) is 9.55 Å². The normalized spacial score (nSPS) is 11.4. The van der Waals surface area contributed by atoms with Crippen LogP contribution in [0.2, 0.25) is 0 Å². The molecule has 0 saturated heterocycles. The maximum absolute atomic E-state index is 13.0. The van der Waals surface area contributed by atoms with Gasteiger partial charge in [0.1, 0.15) is 5.82 Å². The number of fused-ring (bicyclic) bond motifs is 1. The molecule has 0 spiro atoms. The summed E-state index contributed by atoms with van der Waals surface area (Å²) in [5.41, 5.74) is 3.22. The van der Waals surface area contributed by atoms with E-state index in [0.29, 0.717) is 22.2 Å². The number of benzene rings is 2. The first-order chi connectivity index (χ1) is 14.0. The first-order valence-corrected chi connectivity index (χ1v) is 9.85. The molecule has 0 saturated carbocycles. The van der Waals surface area contributed by atoms with Crippen molar-refractivity contribution < 1.29 is 5.11 Å². The van der Waals surface area contributed by atoms with Gasteiger partial charge in [0.2, 0.25) is 5.88 Å². The van der Waals surface area contributed by atoms with E-state index in [1.165, 1.54) is 10.1 Å². The van der Waals surface area contributed by atoms with E-state index >= 15 is 0 Å². The van der Waals surface area contributed by atoms with E-state index in [9.17, 15) is 9.90 Å². The van der Waals surface area contributed by atoms with Gasteiger partial charge in [0, 0.05) is 27.7 Å². The molecule has 5 nitrogen and oxygen atoms in total. The molecule has 29 heavy (non-hydrogen) atoms. The lowest BCUT2D eigenvalue weighted by molar-refractivity contribution is 0.435. The second-order valence-electron chi connectivity index (χ2n) is 6.78. The predicted molar refractivity (Wildman–Crippen MR) is 120 cm³/mol. The molecule has 4 aromatic rings. The number of hydrogen-bond donors (Lipinski definition) is 1. The van der Waals surface area contributed by atoms with Crippen molar-refractivity contribution in [2.45, 2.75) is 13.8 Å². The summed E-state index contributed by atoms with van der Waals surface area (Å²) in [7, 11) is 0. The highest BCUT2D eigenvalue weighted by molar-refractivity contribution is 9.10. The minimum atomic E-state index is -0.337. The number of nitrogens with zero attached hydrogens (tertiary/aromatic N) is 3. The Hall–Kier alpha value is -3.25. The van der Waals surface area contributed by atoms with E-state index in [-0.39, 0.29) is 11.4 Å². The van der Waals surface area contributed by atoms with Gasteiger partial charge in [-0.15, -0.1) is 0 Å². The fourth-order valence-electron chi connectivity index (χ4n) is 3.15. The zero-order chi connectivity index (χ0) is 20.5. The minimum Gasteiger partial charge on any atom is -0.494 e. The second kappa shape index (κ2) is 7.64. The van der Waals surface area contributed by atoms with Gasteiger partial charge in [-0.25, -0.2) is 9.55 Å². The quantitative estimate of drug-likeness (QED) is 0.437. The van der Waals surface area contributed by atoms with Crippen LogP contribution in [0.3, 0.4) is 0 Å². The fraction of sp³-hybridized carbons (Fsp3) is 0.0870. The average Bonchev–Trinajstić information content (AvgIpc) is 2.72. The summed E-state index contributed by atoms with van der Waals surface area (Å²) in [5, 5.41) is 12.1. The van der Waals surface area contributed by atoms with Gasteiger partial charge in [-0.1, -0.05) is 24.3 Å². The minimum absolute atomic E-state index is 0.198. The van der Waals surface area contributed by atoms with Crippen molar-refractivity contribution in [3.8, 4) is 11.7 Å². The molecule has 144 valence electrons. The summed E-state index contributed by atoms with van der Waals surface area (Å²) < 4.78 is 1.99. The maximum atomic E-state index is 13.0. The van der Waals surface area contributed by atoms with Crippen LogP contribution in [0.15, 0.2) is 75.1 Å². The highest BCUT2D eigenvalue weighted by Gasteiger charge is 2.17. The third-order valence-electron chi connectivity index (χ3n) is 4.88. The van der Waals surface area contributed by atoms with Crippen molar-refractivity contribution in [3.63, 3.8) is 0 Å². The number of rotatable bonds is 3. The largest absolute Gasteiger partial charge is 0.494 e. The van der Waals surface area contributed by atoms with E-state index < -0.39 is 0 Å². The van der Waals surface area contributed by atoms with Crippen LogP contribution in [0.4, 0.5) is 5.69 Å². The van der Waals surface area contributed by atoms with E-state index in [4.69, 9.17) is 0 Å². The molecular formula is C23H18BrN3O2. The molecule has 0 atom stereocenters. The Morgan fingerprint density at radius 3 is 2.48 bits per heavy atom. The Morgan fingerprint density at radius 2 is 1.79 bits per heavy atom. The van der Waals surface area contributed by atoms with Crippen molar-refractivity contribution in [1.29, 1.82) is 0 Å². The molecule has 0 radical (unpaired) electrons. The zero-order valence-electron chi connectivity index (χ0n) is 15.9. The molecule has 2 aromatic heterocycles. The molecule has 2 aromatic carbocycles. The van der Waals surface area contributed by atoms with Crippen LogP contribution in [0.1, 0.15) is 16.7 Å². The highest BCUT2D eigenvalue weighted by Crippen LogP contribution is 2.26. The summed E-state index contributed by atoms with van der Waals surface area (Å²) in [5.74, 6) is 0.137. The number of aliphatic imine (C=N–C) groups is 1. The fourth-order valence-corrected chi connectivity index (χ4v) is 3.38. The van der Waals surface area contributed by atoms with Gasteiger partial charge >= 0.3 is 0 Å². The second-order valence-corrected chi connectivity index (χ2v) is 7.70. The van der Waals surface area contributed by atoms with Gasteiger partial charge in [0.25, 0.3) is 5.56 Å². The molecule has 0 aliphatic carbocycles. The van der Waals surface area contributed by atoms with Crippen molar-refractivity contribution in [2.24, 2.45) is 4.99 Å². The molecule has 0 fully saturated rings. The highest BCUT2D eigenvalue weighted by atomic mass is 79.9. The summed E-state index contributed by atoms with van der Waals surface area (Å²) in [4.78, 5) is 21.9. The topological polar surface area (TPSA) is 67.5 Å². The first-order valence-electron chi connectivity index (χ1n) is 9.05. The number of aryl methyl sites for hydroxylation is 2. The van der Waals surface area contributed by atoms with Crippen molar-refractivity contribution in [2.75, 3.05) is 0 Å². The van der Waals surface area contributed by atoms with Gasteiger partial charge in [0.15, 0.2) is 0 Å². The van der Waals surface area contributed by atoms with E-state index in [2.05, 4.69) is 25.9 Å². The maximum Gasteiger partial charge on any atom is 0.267 e. The Balaban J connectivity index is 1.95. The van der Waals surface area contributed by atoms with Gasteiger partial charge < -0.3 is 5.11 Å². The standard InChI is InChI=1S/C23H18BrN3O2/c1-14-7-9-17(11-15(14)2)25-13-20-18-5-3-4-6-19(18)22(28)27(23(20)29)21-10-8-16(24)12-26-21/h3-13,29H,1-2H3. The number of hydrogen-bond acceptors (Lipinski definition) is 4. The van der Waals surface area contributed by atoms with Crippen LogP contribution in [0.5, 0.6) is 5.88 Å². The van der Waals surface area contributed by atoms with Crippen molar-refractivity contribution in [3.05, 3.63) is 92.3 Å². The van der Waals surface area contributed by atoms with E-state index in [1.54, 1.807) is 42.7 Å². The predicted octanol–water partition coefficient (Wildman–Crippen LogP) is 5.22. The molecule has 0 amide bonds. The lowest BCUT2D eigenvalue weighted by atomic mass is 10.1. The van der Waals surface area contributed by atoms with Crippen LogP contribution >= 0.6 is 15.9 Å². The number of aromatic hydroxyl groups is 1. The summed E-state index contributed by atoms with van der Waals surface area (Å²) in [6.45, 7) is 4.07. The van der Waals surface area contributed by atoms with Gasteiger partial charge in [-0.2, -0.15) is 0 Å². The van der Waals surface area contributed by atoms with E-state index in [0.717, 1.165) is 15.7 Å². The van der Waals surface area contributed by atoms with Crippen LogP contribution < -0.4 is 5.56 Å². The SMILES string of the molecule is Cc1ccc(N=Cc2c(O)n(-c3ccc(Br)cn3)c(=O)c3ccccc23)cc1C. The molecular weight excluding hydrogens is 430 g/mol. The molecule has 4 rings (SSSR count). The molecule has 0 aliphatic rings. The lowest BCUT2D eigenvalue weighted by Crippen LogP contribution is -2.21. The summed E-state index contributed by atoms with van der Waals surface area (Å²) >= 11 is 3.34. The summed E-state index contributed by atoms with van der Waals surface area (Å²) in [6, 6.07) is 16.5. The number of aromatic nitrogens is 2. The van der Waals surface area contributed by atoms with Crippen molar-refractivity contribution >= 4 is 38.6 Å². The van der Waals surface area contributed by atoms with Crippen LogP contribution in [-0.2, 0) is 0 Å². The molecule has 2 heterocycles. The van der Waals surface area contributed by atoms with Gasteiger partial charge in [-0.05, 0) is 71.2 Å². The van der Waals surface area contributed by atoms with Crippen LogP contribution in [0.25, 0.3) is 16.6 Å². The Kier molecular flexibility index (Phi) is 5.03. The molecule has 1 N–H and O–H groups in total. The van der Waals surface area contributed by atoms with E-state index in [1.807, 2.05) is 38.1 Å². The zero-order valence-corrected chi connectivity index (χ0v) is 17.5. The van der Waals surface area contributed by atoms with Gasteiger partial charge in [0.05, 0.1) is 11.3 Å². The van der Waals surface area contributed by atoms with Crippen LogP contribution in [0, 0.1) is 13.8 Å². The lowest BCUT2D eigenvalue weighted by Gasteiger charge is -2.13. The molecule has 0 unspecified atom stereocenters. The molecule has 0 bridgehead atoms. The summed E-state index contributed by atoms with van der Waals surface area (Å²) in [6.07, 6.45) is 3.18. The number of halogens is 1. The monoisotopic (exact) mass is 447 g/mol. The Morgan fingerprint density at radius 1 is 1.03 bits per heavy atom. The Labute approximate surface area is 176 Å². The molecule has 0 aliphatic heterocycles. The third kappa shape index (κ3) is 3.59. The molecule has 6 heteroatoms. The average molecular weight is 448 g/mol. The number of pyridine rings is 2. The van der Waals surface area contributed by atoms with Gasteiger partial charge in [-0.3, -0.25) is 9.79 Å². The smallest absolute Gasteiger partial charge is 0.267 e. The third-order valence-corrected chi connectivity index (χ3v) is 5.35. The van der Waals surface area contributed by atoms with Crippen LogP contribution in [-0.4, -0.2) is 20.9 Å². The first kappa shape index (κ1) is 19.1.